The van der Waals surface area contributed by atoms with Crippen LogP contribution in [0.25, 0.3) is 0 Å². The van der Waals surface area contributed by atoms with E-state index in [2.05, 4.69) is 10.9 Å². The van der Waals surface area contributed by atoms with Gasteiger partial charge in [0.25, 0.3) is 5.91 Å². The van der Waals surface area contributed by atoms with Crippen molar-refractivity contribution in [2.45, 2.75) is 20.8 Å². The Balaban J connectivity index is 3.07. The molecule has 0 unspecified atom stereocenters. The fourth-order valence-corrected chi connectivity index (χ4v) is 1.29. The van der Waals surface area contributed by atoms with Crippen LogP contribution in [0.15, 0.2) is 29.3 Å². The predicted molar refractivity (Wildman–Crippen MR) is 57.9 cm³/mol. The van der Waals surface area contributed by atoms with Crippen molar-refractivity contribution in [2.24, 2.45) is 4.99 Å². The molecule has 2 nitrogen and oxygen atoms in total. The molecule has 14 heavy (non-hydrogen) atoms. The highest BCUT2D eigenvalue weighted by atomic mass is 16.1. The van der Waals surface area contributed by atoms with E-state index < -0.39 is 0 Å². The highest BCUT2D eigenvalue weighted by Gasteiger charge is 2.03. The number of allylic oxidation sites excluding steroid dienone is 1. The highest BCUT2D eigenvalue weighted by molar-refractivity contribution is 5.98. The van der Waals surface area contributed by atoms with Crippen LogP contribution in [-0.2, 0) is 0 Å². The Bertz CT molecular complexity index is 392. The molecule has 0 saturated heterocycles. The predicted octanol–water partition coefficient (Wildman–Crippen LogP) is 2.69. The van der Waals surface area contributed by atoms with Crippen molar-refractivity contribution < 1.29 is 4.79 Å². The van der Waals surface area contributed by atoms with E-state index in [-0.39, 0.29) is 5.91 Å². The first-order chi connectivity index (χ1) is 6.63. The van der Waals surface area contributed by atoms with Gasteiger partial charge in [-0.15, -0.1) is 0 Å². The van der Waals surface area contributed by atoms with Crippen molar-refractivity contribution in [1.29, 1.82) is 0 Å². The van der Waals surface area contributed by atoms with Gasteiger partial charge in [0.05, 0.1) is 0 Å². The molecule has 2 heteroatoms. The van der Waals surface area contributed by atoms with Crippen molar-refractivity contribution >= 4 is 11.8 Å². The van der Waals surface area contributed by atoms with Crippen LogP contribution in [0, 0.1) is 13.8 Å². The number of hydrogen-bond acceptors (Lipinski definition) is 1. The molecule has 1 amide bonds. The standard InChI is InChI=1S/C12H13NO/c1-4-5-13-12(14)11-7-9(2)6-10(3)8-11/h4,6-8H,1-3H3. The molecule has 1 rings (SSSR count). The summed E-state index contributed by atoms with van der Waals surface area (Å²) in [6.07, 6.45) is 1.61. The fourth-order valence-electron chi connectivity index (χ4n) is 1.29. The lowest BCUT2D eigenvalue weighted by Crippen LogP contribution is -1.95. The van der Waals surface area contributed by atoms with E-state index in [1.165, 1.54) is 0 Å². The Morgan fingerprint density at radius 1 is 1.29 bits per heavy atom. The number of aliphatic imine (C=N–C) groups is 1. The topological polar surface area (TPSA) is 29.4 Å². The van der Waals surface area contributed by atoms with Gasteiger partial charge in [0, 0.05) is 5.56 Å². The summed E-state index contributed by atoms with van der Waals surface area (Å²) in [6.45, 7) is 5.70. The minimum Gasteiger partial charge on any atom is -0.266 e. The summed E-state index contributed by atoms with van der Waals surface area (Å²) < 4.78 is 0. The Morgan fingerprint density at radius 3 is 2.36 bits per heavy atom. The summed E-state index contributed by atoms with van der Waals surface area (Å²) in [6, 6.07) is 5.68. The molecule has 0 spiro atoms. The quantitative estimate of drug-likeness (QED) is 0.621. The number of benzene rings is 1. The second-order valence-corrected chi connectivity index (χ2v) is 3.21. The fraction of sp³-hybridized carbons (Fsp3) is 0.250. The largest absolute Gasteiger partial charge is 0.285 e. The molecule has 0 atom stereocenters. The van der Waals surface area contributed by atoms with E-state index in [1.807, 2.05) is 32.0 Å². The van der Waals surface area contributed by atoms with E-state index in [0.717, 1.165) is 11.1 Å². The van der Waals surface area contributed by atoms with Gasteiger partial charge in [-0.2, -0.15) is 4.99 Å². The number of amides is 1. The van der Waals surface area contributed by atoms with Crippen LogP contribution in [0.5, 0.6) is 0 Å². The van der Waals surface area contributed by atoms with Crippen molar-refractivity contribution in [3.05, 3.63) is 41.0 Å². The molecule has 0 radical (unpaired) electrons. The third kappa shape index (κ3) is 2.68. The van der Waals surface area contributed by atoms with Gasteiger partial charge in [0.15, 0.2) is 0 Å². The Morgan fingerprint density at radius 2 is 1.86 bits per heavy atom. The SMILES string of the molecule is CC=C=NC(=O)c1cc(C)cc(C)c1. The third-order valence-electron chi connectivity index (χ3n) is 1.76. The van der Waals surface area contributed by atoms with Crippen molar-refractivity contribution in [3.63, 3.8) is 0 Å². The average molecular weight is 187 g/mol. The zero-order valence-electron chi connectivity index (χ0n) is 8.66. The van der Waals surface area contributed by atoms with E-state index in [1.54, 1.807) is 13.0 Å². The second-order valence-electron chi connectivity index (χ2n) is 3.21. The zero-order valence-corrected chi connectivity index (χ0v) is 8.66. The van der Waals surface area contributed by atoms with E-state index in [4.69, 9.17) is 0 Å². The molecule has 1 aromatic carbocycles. The molecule has 1 aromatic rings. The Hall–Kier alpha value is -1.66. The molecule has 0 aliphatic heterocycles. The zero-order chi connectivity index (χ0) is 10.6. The van der Waals surface area contributed by atoms with Gasteiger partial charge in [-0.25, -0.2) is 0 Å². The second kappa shape index (κ2) is 4.54. The molecule has 0 bridgehead atoms. The summed E-state index contributed by atoms with van der Waals surface area (Å²) in [5, 5.41) is 0. The first kappa shape index (κ1) is 10.4. The van der Waals surface area contributed by atoms with Crippen LogP contribution in [0.3, 0.4) is 0 Å². The minimum absolute atomic E-state index is 0.241. The Labute approximate surface area is 84.0 Å². The monoisotopic (exact) mass is 187 g/mol. The van der Waals surface area contributed by atoms with Crippen LogP contribution >= 0.6 is 0 Å². The summed E-state index contributed by atoms with van der Waals surface area (Å²) in [5.74, 6) is 2.30. The first-order valence-corrected chi connectivity index (χ1v) is 4.50. The molecule has 0 N–H and O–H groups in total. The number of carbonyl (C=O) groups excluding carboxylic acids is 1. The van der Waals surface area contributed by atoms with E-state index in [0.29, 0.717) is 5.56 Å². The number of carbonyl (C=O) groups is 1. The summed E-state index contributed by atoms with van der Waals surface area (Å²) >= 11 is 0. The van der Waals surface area contributed by atoms with Crippen molar-refractivity contribution in [2.75, 3.05) is 0 Å². The van der Waals surface area contributed by atoms with Crippen LogP contribution < -0.4 is 0 Å². The lowest BCUT2D eigenvalue weighted by molar-refractivity contribution is 0.100. The smallest absolute Gasteiger partial charge is 0.266 e. The highest BCUT2D eigenvalue weighted by Crippen LogP contribution is 2.09. The lowest BCUT2D eigenvalue weighted by atomic mass is 10.1. The van der Waals surface area contributed by atoms with Gasteiger partial charge in [-0.3, -0.25) is 4.79 Å². The molecular weight excluding hydrogens is 174 g/mol. The molecule has 0 aliphatic carbocycles. The van der Waals surface area contributed by atoms with Gasteiger partial charge < -0.3 is 0 Å². The maximum Gasteiger partial charge on any atom is 0.285 e. The van der Waals surface area contributed by atoms with Gasteiger partial charge in [0.2, 0.25) is 0 Å². The van der Waals surface area contributed by atoms with Crippen LogP contribution in [-0.4, -0.2) is 11.8 Å². The van der Waals surface area contributed by atoms with Gasteiger partial charge >= 0.3 is 0 Å². The molecule has 0 saturated carbocycles. The number of hydrogen-bond donors (Lipinski definition) is 0. The van der Waals surface area contributed by atoms with Gasteiger partial charge in [-0.1, -0.05) is 17.2 Å². The Kier molecular flexibility index (Phi) is 3.38. The number of nitrogens with zero attached hydrogens (tertiary/aromatic N) is 1. The molecular formula is C12H13NO. The normalized spacial score (nSPS) is 9.07. The van der Waals surface area contributed by atoms with Crippen LogP contribution in [0.4, 0.5) is 0 Å². The molecule has 0 aromatic heterocycles. The third-order valence-corrected chi connectivity index (χ3v) is 1.76. The van der Waals surface area contributed by atoms with Crippen molar-refractivity contribution in [3.8, 4) is 0 Å². The molecule has 0 heterocycles. The number of aryl methyl sites for hydroxylation is 2. The minimum atomic E-state index is -0.241. The molecule has 72 valence electrons. The van der Waals surface area contributed by atoms with E-state index in [9.17, 15) is 4.79 Å². The number of rotatable bonds is 1. The average Bonchev–Trinajstić information content (AvgIpc) is 2.12. The molecule has 0 fully saturated rings. The summed E-state index contributed by atoms with van der Waals surface area (Å²) in [5.41, 5.74) is 2.77. The maximum absolute atomic E-state index is 11.5. The van der Waals surface area contributed by atoms with Gasteiger partial charge in [-0.05, 0) is 44.8 Å². The van der Waals surface area contributed by atoms with Crippen LogP contribution in [0.2, 0.25) is 0 Å². The molecule has 0 aliphatic rings. The van der Waals surface area contributed by atoms with Crippen molar-refractivity contribution in [1.82, 2.24) is 0 Å². The lowest BCUT2D eigenvalue weighted by Gasteiger charge is -1.99. The first-order valence-electron chi connectivity index (χ1n) is 4.50. The summed E-state index contributed by atoms with van der Waals surface area (Å²) in [7, 11) is 0. The van der Waals surface area contributed by atoms with Gasteiger partial charge in [0.1, 0.15) is 0 Å². The van der Waals surface area contributed by atoms with Crippen LogP contribution in [0.1, 0.15) is 28.4 Å². The van der Waals surface area contributed by atoms with E-state index >= 15 is 0 Å². The summed E-state index contributed by atoms with van der Waals surface area (Å²) in [4.78, 5) is 15.1. The maximum atomic E-state index is 11.5.